The Morgan fingerprint density at radius 2 is 1.20 bits per heavy atom. The largest absolute Gasteiger partial charge is 0.355 e. The number of rotatable bonds is 6. The summed E-state index contributed by atoms with van der Waals surface area (Å²) >= 11 is 0. The molecule has 1 heteroatoms. The maximum absolute atomic E-state index is 3.89. The predicted octanol–water partition coefficient (Wildman–Crippen LogP) is 4.98. The Morgan fingerprint density at radius 1 is 0.800 bits per heavy atom. The van der Waals surface area contributed by atoms with Crippen LogP contribution in [-0.2, 0) is 0 Å². The van der Waals surface area contributed by atoms with Crippen molar-refractivity contribution in [3.63, 3.8) is 0 Å². The molecule has 1 aliphatic heterocycles. The summed E-state index contributed by atoms with van der Waals surface area (Å²) in [5, 5.41) is 3.38. The molecule has 20 heavy (non-hydrogen) atoms. The molecule has 1 aliphatic rings. The minimum atomic E-state index is -0.155. The van der Waals surface area contributed by atoms with Gasteiger partial charge in [0.1, 0.15) is 0 Å². The van der Waals surface area contributed by atoms with E-state index in [2.05, 4.69) is 57.6 Å². The van der Waals surface area contributed by atoms with Gasteiger partial charge in [-0.2, -0.15) is 0 Å². The summed E-state index contributed by atoms with van der Waals surface area (Å²) in [7, 11) is 0. The minimum Gasteiger partial charge on any atom is -0.355 e. The lowest BCUT2D eigenvalue weighted by Crippen LogP contribution is -2.30. The number of dihydropyridines is 1. The van der Waals surface area contributed by atoms with E-state index in [0.717, 1.165) is 11.4 Å². The first-order valence-electron chi connectivity index (χ1n) is 6.62. The highest BCUT2D eigenvalue weighted by Crippen LogP contribution is 2.42. The minimum absolute atomic E-state index is 0.155. The van der Waals surface area contributed by atoms with Gasteiger partial charge >= 0.3 is 0 Å². The Bertz CT molecular complexity index is 500. The van der Waals surface area contributed by atoms with Crippen molar-refractivity contribution in [2.75, 3.05) is 0 Å². The molecular formula is C19H23N. The van der Waals surface area contributed by atoms with E-state index in [1.807, 2.05) is 24.3 Å². The normalized spacial score (nSPS) is 18.3. The van der Waals surface area contributed by atoms with Crippen LogP contribution in [0.25, 0.3) is 0 Å². The van der Waals surface area contributed by atoms with Crippen molar-refractivity contribution >= 4 is 0 Å². The Hall–Kier alpha value is -2.28. The summed E-state index contributed by atoms with van der Waals surface area (Å²) in [4.78, 5) is 0. The fraction of sp³-hybridized carbons (Fsp3) is 0.158. The topological polar surface area (TPSA) is 12.0 Å². The van der Waals surface area contributed by atoms with E-state index in [1.165, 1.54) is 11.1 Å². The molecule has 0 radical (unpaired) electrons. The number of allylic oxidation sites excluding steroid dienone is 10. The molecule has 0 unspecified atom stereocenters. The lowest BCUT2D eigenvalue weighted by atomic mass is 9.73. The molecule has 104 valence electrons. The SMILES string of the molecule is C=C/C=C\C1=C(C=C)NC(C=C)=C(/C=C\C=C)C1(C)C. The summed E-state index contributed by atoms with van der Waals surface area (Å²) in [6, 6.07) is 0. The van der Waals surface area contributed by atoms with Crippen molar-refractivity contribution in [1.29, 1.82) is 0 Å². The van der Waals surface area contributed by atoms with Crippen LogP contribution in [0.3, 0.4) is 0 Å². The van der Waals surface area contributed by atoms with Crippen molar-refractivity contribution in [1.82, 2.24) is 5.32 Å². The molecule has 0 aliphatic carbocycles. The highest BCUT2D eigenvalue weighted by molar-refractivity contribution is 5.54. The molecule has 0 bridgehead atoms. The van der Waals surface area contributed by atoms with Crippen molar-refractivity contribution in [2.45, 2.75) is 13.8 Å². The molecule has 1 N–H and O–H groups in total. The van der Waals surface area contributed by atoms with E-state index in [-0.39, 0.29) is 5.41 Å². The molecule has 0 amide bonds. The first kappa shape index (κ1) is 15.8. The Morgan fingerprint density at radius 3 is 1.50 bits per heavy atom. The highest BCUT2D eigenvalue weighted by Gasteiger charge is 2.32. The molecule has 0 aromatic carbocycles. The molecule has 0 saturated carbocycles. The van der Waals surface area contributed by atoms with E-state index in [0.29, 0.717) is 0 Å². The molecule has 0 aromatic rings. The van der Waals surface area contributed by atoms with Gasteiger partial charge in [0.05, 0.1) is 0 Å². The standard InChI is InChI=1S/C19H23N/c1-7-11-13-15-17(9-3)20-18(10-4)16(14-12-8-2)19(15,5)6/h7-14,20H,1-4H2,5-6H3/b13-11-,14-12-. The summed E-state index contributed by atoms with van der Waals surface area (Å²) in [6.45, 7) is 19.6. The fourth-order valence-corrected chi connectivity index (χ4v) is 2.34. The third-order valence-corrected chi connectivity index (χ3v) is 3.40. The van der Waals surface area contributed by atoms with Crippen LogP contribution >= 0.6 is 0 Å². The summed E-state index contributed by atoms with van der Waals surface area (Å²) in [5.74, 6) is 0. The third-order valence-electron chi connectivity index (χ3n) is 3.40. The first-order valence-corrected chi connectivity index (χ1v) is 6.62. The number of hydrogen-bond donors (Lipinski definition) is 1. The van der Waals surface area contributed by atoms with Gasteiger partial charge in [0.2, 0.25) is 0 Å². The van der Waals surface area contributed by atoms with Gasteiger partial charge in [0.25, 0.3) is 0 Å². The molecule has 1 nitrogen and oxygen atoms in total. The van der Waals surface area contributed by atoms with E-state index in [1.54, 1.807) is 12.2 Å². The van der Waals surface area contributed by atoms with Crippen LogP contribution in [0.2, 0.25) is 0 Å². The van der Waals surface area contributed by atoms with Crippen LogP contribution in [0.15, 0.2) is 97.5 Å². The van der Waals surface area contributed by atoms with Crippen LogP contribution in [0.4, 0.5) is 0 Å². The van der Waals surface area contributed by atoms with Crippen LogP contribution in [-0.4, -0.2) is 0 Å². The summed E-state index contributed by atoms with van der Waals surface area (Å²) in [6.07, 6.45) is 15.2. The van der Waals surface area contributed by atoms with Crippen LogP contribution < -0.4 is 5.32 Å². The monoisotopic (exact) mass is 265 g/mol. The van der Waals surface area contributed by atoms with E-state index < -0.39 is 0 Å². The second kappa shape index (κ2) is 6.76. The smallest absolute Gasteiger partial charge is 0.0419 e. The second-order valence-corrected chi connectivity index (χ2v) is 5.00. The van der Waals surface area contributed by atoms with Gasteiger partial charge in [-0.3, -0.25) is 0 Å². The Labute approximate surface area is 122 Å². The van der Waals surface area contributed by atoms with Gasteiger partial charge in [-0.1, -0.05) is 76.6 Å². The lowest BCUT2D eigenvalue weighted by Gasteiger charge is -2.36. The van der Waals surface area contributed by atoms with Gasteiger partial charge in [-0.15, -0.1) is 0 Å². The van der Waals surface area contributed by atoms with Crippen molar-refractivity contribution in [2.24, 2.45) is 5.41 Å². The Kier molecular flexibility index (Phi) is 5.33. The molecule has 1 rings (SSSR count). The highest BCUT2D eigenvalue weighted by atomic mass is 14.9. The molecule has 0 atom stereocenters. The van der Waals surface area contributed by atoms with Crippen LogP contribution in [0.5, 0.6) is 0 Å². The molecular weight excluding hydrogens is 242 g/mol. The zero-order chi connectivity index (χ0) is 15.2. The zero-order valence-corrected chi connectivity index (χ0v) is 12.4. The average Bonchev–Trinajstić information content (AvgIpc) is 2.43. The van der Waals surface area contributed by atoms with Gasteiger partial charge in [-0.05, 0) is 23.3 Å². The van der Waals surface area contributed by atoms with Gasteiger partial charge in [0, 0.05) is 16.8 Å². The molecule has 0 fully saturated rings. The Balaban J connectivity index is 3.48. The zero-order valence-electron chi connectivity index (χ0n) is 12.4. The van der Waals surface area contributed by atoms with Gasteiger partial charge in [0.15, 0.2) is 0 Å². The number of nitrogens with one attached hydrogen (secondary N) is 1. The summed E-state index contributed by atoms with van der Waals surface area (Å²) in [5.41, 5.74) is 4.18. The van der Waals surface area contributed by atoms with Gasteiger partial charge < -0.3 is 5.32 Å². The summed E-state index contributed by atoms with van der Waals surface area (Å²) < 4.78 is 0. The van der Waals surface area contributed by atoms with Crippen LogP contribution in [0.1, 0.15) is 13.8 Å². The van der Waals surface area contributed by atoms with E-state index in [4.69, 9.17) is 0 Å². The third kappa shape index (κ3) is 3.00. The second-order valence-electron chi connectivity index (χ2n) is 5.00. The maximum Gasteiger partial charge on any atom is 0.0419 e. The average molecular weight is 265 g/mol. The molecule has 0 saturated heterocycles. The lowest BCUT2D eigenvalue weighted by molar-refractivity contribution is 0.535. The van der Waals surface area contributed by atoms with Gasteiger partial charge in [-0.25, -0.2) is 0 Å². The van der Waals surface area contributed by atoms with Crippen LogP contribution in [0, 0.1) is 5.41 Å². The molecule has 0 aromatic heterocycles. The molecule has 1 heterocycles. The quantitative estimate of drug-likeness (QED) is 0.668. The van der Waals surface area contributed by atoms with Crippen molar-refractivity contribution in [3.05, 3.63) is 97.5 Å². The first-order chi connectivity index (χ1) is 9.52. The maximum atomic E-state index is 3.89. The number of hydrogen-bond acceptors (Lipinski definition) is 1. The van der Waals surface area contributed by atoms with E-state index in [9.17, 15) is 0 Å². The van der Waals surface area contributed by atoms with Crippen molar-refractivity contribution < 1.29 is 0 Å². The molecule has 0 spiro atoms. The van der Waals surface area contributed by atoms with Crippen molar-refractivity contribution in [3.8, 4) is 0 Å². The van der Waals surface area contributed by atoms with E-state index >= 15 is 0 Å². The fourth-order valence-electron chi connectivity index (χ4n) is 2.34. The predicted molar refractivity (Wildman–Crippen MR) is 90.0 cm³/mol.